The Morgan fingerprint density at radius 2 is 2.00 bits per heavy atom. The third kappa shape index (κ3) is 4.65. The van der Waals surface area contributed by atoms with Crippen LogP contribution in [0.2, 0.25) is 0 Å². The quantitative estimate of drug-likeness (QED) is 0.490. The predicted molar refractivity (Wildman–Crippen MR) is 83.3 cm³/mol. The number of hydrogen-bond donors (Lipinski definition) is 3. The zero-order valence-corrected chi connectivity index (χ0v) is 13.6. The molecule has 22 heavy (non-hydrogen) atoms. The van der Waals surface area contributed by atoms with Crippen LogP contribution < -0.4 is 10.0 Å². The van der Waals surface area contributed by atoms with Crippen LogP contribution in [0.4, 0.5) is 11.4 Å². The third-order valence-corrected chi connectivity index (χ3v) is 4.60. The molecule has 0 fully saturated rings. The van der Waals surface area contributed by atoms with Crippen LogP contribution in [-0.4, -0.2) is 37.1 Å². The van der Waals surface area contributed by atoms with E-state index >= 15 is 0 Å². The van der Waals surface area contributed by atoms with Crippen LogP contribution in [-0.2, 0) is 10.0 Å². The zero-order valence-electron chi connectivity index (χ0n) is 12.7. The average Bonchev–Trinajstić information content (AvgIpc) is 2.43. The second-order valence-corrected chi connectivity index (χ2v) is 6.86. The smallest absolute Gasteiger partial charge is 0.293 e. The van der Waals surface area contributed by atoms with E-state index < -0.39 is 14.9 Å². The lowest BCUT2D eigenvalue weighted by Gasteiger charge is -2.16. The maximum absolute atomic E-state index is 12.1. The monoisotopic (exact) mass is 331 g/mol. The van der Waals surface area contributed by atoms with Crippen molar-refractivity contribution in [2.45, 2.75) is 44.2 Å². The minimum absolute atomic E-state index is 0.171. The van der Waals surface area contributed by atoms with Gasteiger partial charge in [0.2, 0.25) is 10.0 Å². The number of nitro benzene ring substituents is 1. The summed E-state index contributed by atoms with van der Waals surface area (Å²) in [6.07, 6.45) is 0.572. The van der Waals surface area contributed by atoms with E-state index in [1.54, 1.807) is 13.8 Å². The molecular weight excluding hydrogens is 310 g/mol. The molecule has 3 N–H and O–H groups in total. The molecule has 1 aromatic carbocycles. The molecule has 124 valence electrons. The number of aliphatic hydroxyl groups is 1. The Labute approximate surface area is 129 Å². The molecule has 9 heteroatoms. The fourth-order valence-electron chi connectivity index (χ4n) is 1.83. The molecule has 1 rings (SSSR count). The van der Waals surface area contributed by atoms with Crippen molar-refractivity contribution in [3.63, 3.8) is 0 Å². The number of rotatable bonds is 8. The Bertz CT molecular complexity index is 627. The van der Waals surface area contributed by atoms with Gasteiger partial charge in [0, 0.05) is 18.2 Å². The maximum atomic E-state index is 12.1. The summed E-state index contributed by atoms with van der Waals surface area (Å²) < 4.78 is 26.5. The minimum Gasteiger partial charge on any atom is -0.394 e. The highest BCUT2D eigenvalue weighted by atomic mass is 32.2. The van der Waals surface area contributed by atoms with E-state index in [1.165, 1.54) is 12.1 Å². The molecule has 0 saturated carbocycles. The lowest BCUT2D eigenvalue weighted by atomic mass is 10.2. The summed E-state index contributed by atoms with van der Waals surface area (Å²) in [5.74, 6) is 0. The highest BCUT2D eigenvalue weighted by molar-refractivity contribution is 7.89. The predicted octanol–water partition coefficient (Wildman–Crippen LogP) is 1.46. The second kappa shape index (κ2) is 7.52. The second-order valence-electron chi connectivity index (χ2n) is 5.14. The molecule has 1 unspecified atom stereocenters. The fraction of sp³-hybridized carbons (Fsp3) is 0.538. The number of nitro groups is 1. The Kier molecular flexibility index (Phi) is 6.27. The molecule has 1 aromatic rings. The molecule has 0 aromatic heterocycles. The van der Waals surface area contributed by atoms with Crippen LogP contribution in [0.1, 0.15) is 27.2 Å². The maximum Gasteiger partial charge on any atom is 0.293 e. The van der Waals surface area contributed by atoms with Gasteiger partial charge in [-0.15, -0.1) is 0 Å². The van der Waals surface area contributed by atoms with E-state index in [4.69, 9.17) is 5.11 Å². The zero-order chi connectivity index (χ0) is 16.9. The topological polar surface area (TPSA) is 122 Å². The van der Waals surface area contributed by atoms with Gasteiger partial charge in [0.1, 0.15) is 5.69 Å². The number of anilines is 1. The summed E-state index contributed by atoms with van der Waals surface area (Å²) in [4.78, 5) is 10.3. The van der Waals surface area contributed by atoms with E-state index in [0.717, 1.165) is 6.07 Å². The third-order valence-electron chi connectivity index (χ3n) is 2.94. The lowest BCUT2D eigenvalue weighted by molar-refractivity contribution is -0.384. The van der Waals surface area contributed by atoms with E-state index in [-0.39, 0.29) is 35.0 Å². The summed E-state index contributed by atoms with van der Waals surface area (Å²) in [6.45, 7) is 4.97. The van der Waals surface area contributed by atoms with Crippen LogP contribution >= 0.6 is 0 Å². The van der Waals surface area contributed by atoms with Crippen molar-refractivity contribution in [1.29, 1.82) is 0 Å². The molecule has 0 spiro atoms. The van der Waals surface area contributed by atoms with Gasteiger partial charge in [-0.05, 0) is 32.4 Å². The molecule has 0 heterocycles. The standard InChI is InChI=1S/C13H21N3O5S/c1-4-10(8-17)14-12-6-5-11(7-13(12)16(18)19)22(20,21)15-9(2)3/h5-7,9-10,14-15,17H,4,8H2,1-3H3. The van der Waals surface area contributed by atoms with E-state index in [2.05, 4.69) is 10.0 Å². The van der Waals surface area contributed by atoms with Crippen LogP contribution in [0, 0.1) is 10.1 Å². The molecule has 0 aliphatic rings. The highest BCUT2D eigenvalue weighted by Gasteiger charge is 2.22. The van der Waals surface area contributed by atoms with Gasteiger partial charge >= 0.3 is 0 Å². The summed E-state index contributed by atoms with van der Waals surface area (Å²) in [7, 11) is -3.80. The fourth-order valence-corrected chi connectivity index (χ4v) is 3.10. The van der Waals surface area contributed by atoms with Gasteiger partial charge < -0.3 is 10.4 Å². The van der Waals surface area contributed by atoms with E-state index in [1.807, 2.05) is 6.92 Å². The van der Waals surface area contributed by atoms with E-state index in [0.29, 0.717) is 6.42 Å². The lowest BCUT2D eigenvalue weighted by Crippen LogP contribution is -2.30. The van der Waals surface area contributed by atoms with Crippen LogP contribution in [0.3, 0.4) is 0 Å². The average molecular weight is 331 g/mol. The molecule has 0 bridgehead atoms. The SMILES string of the molecule is CCC(CO)Nc1ccc(S(=O)(=O)NC(C)C)cc1[N+](=O)[O-]. The van der Waals surface area contributed by atoms with Crippen molar-refractivity contribution < 1.29 is 18.4 Å². The van der Waals surface area contributed by atoms with Gasteiger partial charge in [0.25, 0.3) is 5.69 Å². The first-order valence-electron chi connectivity index (χ1n) is 6.89. The molecule has 0 radical (unpaired) electrons. The molecule has 0 aliphatic carbocycles. The summed E-state index contributed by atoms with van der Waals surface area (Å²) in [5.41, 5.74) is -0.173. The van der Waals surface area contributed by atoms with Gasteiger partial charge in [0.15, 0.2) is 0 Å². The van der Waals surface area contributed by atoms with Gasteiger partial charge in [-0.3, -0.25) is 10.1 Å². The van der Waals surface area contributed by atoms with Crippen molar-refractivity contribution in [2.75, 3.05) is 11.9 Å². The Morgan fingerprint density at radius 3 is 2.45 bits per heavy atom. The molecule has 0 amide bonds. The Balaban J connectivity index is 3.23. The van der Waals surface area contributed by atoms with Gasteiger partial charge in [-0.1, -0.05) is 6.92 Å². The number of nitrogens with zero attached hydrogens (tertiary/aromatic N) is 1. The first kappa shape index (κ1) is 18.3. The van der Waals surface area contributed by atoms with Crippen LogP contribution in [0.15, 0.2) is 23.1 Å². The van der Waals surface area contributed by atoms with Crippen molar-refractivity contribution in [3.05, 3.63) is 28.3 Å². The summed E-state index contributed by atoms with van der Waals surface area (Å²) in [5, 5.41) is 23.2. The summed E-state index contributed by atoms with van der Waals surface area (Å²) in [6, 6.07) is 2.99. The molecule has 0 aliphatic heterocycles. The number of nitrogens with one attached hydrogen (secondary N) is 2. The van der Waals surface area contributed by atoms with Crippen molar-refractivity contribution in [3.8, 4) is 0 Å². The van der Waals surface area contributed by atoms with E-state index in [9.17, 15) is 18.5 Å². The van der Waals surface area contributed by atoms with Crippen molar-refractivity contribution in [2.24, 2.45) is 0 Å². The number of aliphatic hydroxyl groups excluding tert-OH is 1. The van der Waals surface area contributed by atoms with Gasteiger partial charge in [-0.2, -0.15) is 0 Å². The van der Waals surface area contributed by atoms with Crippen LogP contribution in [0.5, 0.6) is 0 Å². The largest absolute Gasteiger partial charge is 0.394 e. The molecule has 1 atom stereocenters. The molecule has 8 nitrogen and oxygen atoms in total. The van der Waals surface area contributed by atoms with Crippen molar-refractivity contribution in [1.82, 2.24) is 4.72 Å². The van der Waals surface area contributed by atoms with Crippen LogP contribution in [0.25, 0.3) is 0 Å². The number of sulfonamides is 1. The number of hydrogen-bond acceptors (Lipinski definition) is 6. The number of benzene rings is 1. The van der Waals surface area contributed by atoms with Gasteiger partial charge in [-0.25, -0.2) is 13.1 Å². The minimum atomic E-state index is -3.80. The normalized spacial score (nSPS) is 13.1. The Hall–Kier alpha value is -1.71. The van der Waals surface area contributed by atoms with Gasteiger partial charge in [0.05, 0.1) is 16.4 Å². The first-order chi connectivity index (χ1) is 10.2. The highest BCUT2D eigenvalue weighted by Crippen LogP contribution is 2.28. The Morgan fingerprint density at radius 1 is 1.36 bits per heavy atom. The molecule has 0 saturated heterocycles. The summed E-state index contributed by atoms with van der Waals surface area (Å²) >= 11 is 0. The first-order valence-corrected chi connectivity index (χ1v) is 8.37. The molecular formula is C13H21N3O5S. The van der Waals surface area contributed by atoms with Crippen molar-refractivity contribution >= 4 is 21.4 Å².